The summed E-state index contributed by atoms with van der Waals surface area (Å²) in [7, 11) is 0. The summed E-state index contributed by atoms with van der Waals surface area (Å²) in [6.07, 6.45) is 12.8. The van der Waals surface area contributed by atoms with Crippen molar-refractivity contribution in [2.75, 3.05) is 0 Å². The number of rotatable bonds is 4. The van der Waals surface area contributed by atoms with E-state index in [1.165, 1.54) is 31.2 Å². The lowest BCUT2D eigenvalue weighted by Gasteiger charge is -2.58. The van der Waals surface area contributed by atoms with E-state index in [0.717, 1.165) is 19.3 Å². The SMILES string of the molecule is C=C[C@@]1(C)CC=C2C(CCC3[C@](C)(C(=O)NCc4ccccc4)CCC[C@@]23C)C1. The average molecular weight is 392 g/mol. The minimum atomic E-state index is -0.271. The summed E-state index contributed by atoms with van der Waals surface area (Å²) >= 11 is 0. The van der Waals surface area contributed by atoms with Crippen molar-refractivity contribution in [3.63, 3.8) is 0 Å². The molecule has 5 atom stereocenters. The maximum absolute atomic E-state index is 13.5. The zero-order chi connectivity index (χ0) is 20.7. The minimum absolute atomic E-state index is 0.169. The molecular formula is C27H37NO. The highest BCUT2D eigenvalue weighted by Crippen LogP contribution is 2.63. The van der Waals surface area contributed by atoms with Gasteiger partial charge in [-0.25, -0.2) is 0 Å². The molecule has 3 aliphatic rings. The Morgan fingerprint density at radius 3 is 2.66 bits per heavy atom. The van der Waals surface area contributed by atoms with Gasteiger partial charge in [0.05, 0.1) is 5.41 Å². The topological polar surface area (TPSA) is 29.1 Å². The number of nitrogens with one attached hydrogen (secondary N) is 1. The third-order valence-electron chi connectivity index (χ3n) is 8.64. The van der Waals surface area contributed by atoms with Crippen LogP contribution < -0.4 is 5.32 Å². The normalized spacial score (nSPS) is 38.9. The molecule has 1 aromatic carbocycles. The molecule has 0 heterocycles. The molecule has 4 rings (SSSR count). The first-order valence-corrected chi connectivity index (χ1v) is 11.5. The van der Waals surface area contributed by atoms with Crippen molar-refractivity contribution in [1.29, 1.82) is 0 Å². The second kappa shape index (κ2) is 7.45. The predicted molar refractivity (Wildman–Crippen MR) is 120 cm³/mol. The monoisotopic (exact) mass is 391 g/mol. The third kappa shape index (κ3) is 3.49. The Kier molecular flexibility index (Phi) is 5.25. The highest BCUT2D eigenvalue weighted by Gasteiger charge is 2.57. The van der Waals surface area contributed by atoms with Crippen LogP contribution in [0.3, 0.4) is 0 Å². The number of benzene rings is 1. The summed E-state index contributed by atoms with van der Waals surface area (Å²) in [5, 5.41) is 3.28. The fourth-order valence-corrected chi connectivity index (χ4v) is 6.87. The molecule has 29 heavy (non-hydrogen) atoms. The van der Waals surface area contributed by atoms with Crippen LogP contribution in [0, 0.1) is 28.1 Å². The Morgan fingerprint density at radius 2 is 1.93 bits per heavy atom. The lowest BCUT2D eigenvalue weighted by molar-refractivity contribution is -0.142. The fourth-order valence-electron chi connectivity index (χ4n) is 6.87. The molecule has 2 heteroatoms. The van der Waals surface area contributed by atoms with Crippen LogP contribution in [-0.4, -0.2) is 5.91 Å². The summed E-state index contributed by atoms with van der Waals surface area (Å²) in [6, 6.07) is 10.3. The number of amides is 1. The number of allylic oxidation sites excluding steroid dienone is 3. The molecule has 0 aromatic heterocycles. The zero-order valence-corrected chi connectivity index (χ0v) is 18.5. The largest absolute Gasteiger partial charge is 0.352 e. The molecule has 0 radical (unpaired) electrons. The van der Waals surface area contributed by atoms with Crippen molar-refractivity contribution in [2.45, 2.75) is 72.3 Å². The Labute approximate surface area is 176 Å². The summed E-state index contributed by atoms with van der Waals surface area (Å²) < 4.78 is 0. The molecule has 0 aliphatic heterocycles. The molecule has 0 saturated heterocycles. The predicted octanol–water partition coefficient (Wildman–Crippen LogP) is 6.44. The van der Waals surface area contributed by atoms with Crippen molar-refractivity contribution >= 4 is 5.91 Å². The summed E-state index contributed by atoms with van der Waals surface area (Å²) in [5.41, 5.74) is 2.97. The van der Waals surface area contributed by atoms with E-state index in [0.29, 0.717) is 18.4 Å². The maximum Gasteiger partial charge on any atom is 0.226 e. The van der Waals surface area contributed by atoms with Gasteiger partial charge in [0.15, 0.2) is 0 Å². The summed E-state index contributed by atoms with van der Waals surface area (Å²) in [4.78, 5) is 13.5. The van der Waals surface area contributed by atoms with E-state index in [2.05, 4.69) is 57.0 Å². The van der Waals surface area contributed by atoms with Crippen LogP contribution in [0.15, 0.2) is 54.6 Å². The van der Waals surface area contributed by atoms with Gasteiger partial charge < -0.3 is 5.32 Å². The fraction of sp³-hybridized carbons (Fsp3) is 0.593. The Morgan fingerprint density at radius 1 is 1.17 bits per heavy atom. The van der Waals surface area contributed by atoms with E-state index < -0.39 is 0 Å². The van der Waals surface area contributed by atoms with Crippen molar-refractivity contribution < 1.29 is 4.79 Å². The van der Waals surface area contributed by atoms with Crippen LogP contribution in [0.25, 0.3) is 0 Å². The van der Waals surface area contributed by atoms with Crippen molar-refractivity contribution in [3.8, 4) is 0 Å². The van der Waals surface area contributed by atoms with Gasteiger partial charge >= 0.3 is 0 Å². The number of hydrogen-bond acceptors (Lipinski definition) is 1. The third-order valence-corrected chi connectivity index (χ3v) is 8.64. The molecule has 2 saturated carbocycles. The molecular weight excluding hydrogens is 354 g/mol. The van der Waals surface area contributed by atoms with Gasteiger partial charge in [-0.2, -0.15) is 0 Å². The number of fused-ring (bicyclic) bond motifs is 3. The second-order valence-corrected chi connectivity index (χ2v) is 10.6. The summed E-state index contributed by atoms with van der Waals surface area (Å²) in [5.74, 6) is 1.36. The Hall–Kier alpha value is -1.83. The average Bonchev–Trinajstić information content (AvgIpc) is 2.72. The van der Waals surface area contributed by atoms with E-state index in [4.69, 9.17) is 0 Å². The van der Waals surface area contributed by atoms with Crippen molar-refractivity contribution in [3.05, 3.63) is 60.2 Å². The number of carbonyl (C=O) groups is 1. The van der Waals surface area contributed by atoms with Gasteiger partial charge in [0.25, 0.3) is 0 Å². The number of carbonyl (C=O) groups excluding carboxylic acids is 1. The maximum atomic E-state index is 13.5. The van der Waals surface area contributed by atoms with Crippen LogP contribution in [0.4, 0.5) is 0 Å². The van der Waals surface area contributed by atoms with Gasteiger partial charge in [0.2, 0.25) is 5.91 Å². The molecule has 2 unspecified atom stereocenters. The lowest BCUT2D eigenvalue weighted by atomic mass is 9.46. The number of hydrogen-bond donors (Lipinski definition) is 1. The first-order valence-electron chi connectivity index (χ1n) is 11.5. The first-order chi connectivity index (χ1) is 13.8. The zero-order valence-electron chi connectivity index (χ0n) is 18.5. The second-order valence-electron chi connectivity index (χ2n) is 10.6. The van der Waals surface area contributed by atoms with Gasteiger partial charge in [-0.05, 0) is 66.8 Å². The summed E-state index contributed by atoms with van der Waals surface area (Å²) in [6.45, 7) is 11.8. The van der Waals surface area contributed by atoms with E-state index in [1.807, 2.05) is 18.2 Å². The van der Waals surface area contributed by atoms with Crippen LogP contribution in [-0.2, 0) is 11.3 Å². The molecule has 1 N–H and O–H groups in total. The molecule has 2 fully saturated rings. The highest BCUT2D eigenvalue weighted by atomic mass is 16.2. The van der Waals surface area contributed by atoms with Crippen LogP contribution in [0.5, 0.6) is 0 Å². The van der Waals surface area contributed by atoms with Gasteiger partial charge in [0, 0.05) is 6.54 Å². The first kappa shape index (κ1) is 20.4. The van der Waals surface area contributed by atoms with Crippen molar-refractivity contribution in [1.82, 2.24) is 5.32 Å². The molecule has 2 nitrogen and oxygen atoms in total. The molecule has 1 amide bonds. The van der Waals surface area contributed by atoms with Gasteiger partial charge in [-0.3, -0.25) is 4.79 Å². The standard InChI is InChI=1S/C27H37NO/c1-5-25(2)17-14-22-21(18-25)12-13-23-26(22,3)15-9-16-27(23,4)24(29)28-19-20-10-7-6-8-11-20/h5-8,10-11,14,21,23H,1,9,12-13,15-19H2,2-4H3,(H,28,29)/t21?,23?,25-,26-,27+/m0/s1. The van der Waals surface area contributed by atoms with E-state index >= 15 is 0 Å². The van der Waals surface area contributed by atoms with Crippen LogP contribution in [0.1, 0.15) is 71.3 Å². The molecule has 1 aromatic rings. The highest BCUT2D eigenvalue weighted by molar-refractivity contribution is 5.83. The molecule has 0 bridgehead atoms. The molecule has 156 valence electrons. The van der Waals surface area contributed by atoms with E-state index in [-0.39, 0.29) is 22.2 Å². The quantitative estimate of drug-likeness (QED) is 0.588. The Bertz CT molecular complexity index is 811. The van der Waals surface area contributed by atoms with Gasteiger partial charge in [-0.15, -0.1) is 6.58 Å². The van der Waals surface area contributed by atoms with Gasteiger partial charge in [0.1, 0.15) is 0 Å². The van der Waals surface area contributed by atoms with Crippen LogP contribution >= 0.6 is 0 Å². The van der Waals surface area contributed by atoms with Crippen molar-refractivity contribution in [2.24, 2.45) is 28.1 Å². The lowest BCUT2D eigenvalue weighted by Crippen LogP contribution is -2.55. The Balaban J connectivity index is 1.56. The van der Waals surface area contributed by atoms with E-state index in [9.17, 15) is 4.79 Å². The smallest absolute Gasteiger partial charge is 0.226 e. The van der Waals surface area contributed by atoms with E-state index in [1.54, 1.807) is 5.57 Å². The molecule has 0 spiro atoms. The molecule has 3 aliphatic carbocycles. The van der Waals surface area contributed by atoms with Gasteiger partial charge in [-0.1, -0.05) is 75.2 Å². The van der Waals surface area contributed by atoms with Crippen LogP contribution in [0.2, 0.25) is 0 Å². The minimum Gasteiger partial charge on any atom is -0.352 e.